The Balaban J connectivity index is 1.79. The first-order chi connectivity index (χ1) is 12.5. The van der Waals surface area contributed by atoms with Gasteiger partial charge in [-0.2, -0.15) is 0 Å². The first-order valence-corrected chi connectivity index (χ1v) is 8.42. The number of anilines is 1. The third-order valence-electron chi connectivity index (χ3n) is 4.47. The van der Waals surface area contributed by atoms with Crippen LogP contribution in [0.25, 0.3) is 0 Å². The van der Waals surface area contributed by atoms with Gasteiger partial charge in [0.05, 0.1) is 25.5 Å². The van der Waals surface area contributed by atoms with Crippen molar-refractivity contribution in [2.24, 2.45) is 0 Å². The van der Waals surface area contributed by atoms with Crippen molar-refractivity contribution in [2.75, 3.05) is 38.8 Å². The van der Waals surface area contributed by atoms with E-state index in [4.69, 9.17) is 9.47 Å². The summed E-state index contributed by atoms with van der Waals surface area (Å²) >= 11 is 0. The molecule has 0 saturated carbocycles. The molecule has 0 unspecified atom stereocenters. The number of rotatable bonds is 4. The average Bonchev–Trinajstić information content (AvgIpc) is 2.67. The number of piperazine rings is 1. The van der Waals surface area contributed by atoms with Crippen LogP contribution in [0.1, 0.15) is 15.9 Å². The highest BCUT2D eigenvalue weighted by molar-refractivity contribution is 6.03. The van der Waals surface area contributed by atoms with Gasteiger partial charge in [0, 0.05) is 13.1 Å². The molecule has 2 aromatic rings. The molecule has 26 heavy (non-hydrogen) atoms. The van der Waals surface area contributed by atoms with Crippen LogP contribution in [0, 0.1) is 6.92 Å². The SMILES string of the molecule is COc1cc(C)ccc1C(=O)N1CCN(c2ccccc2OC)C(=O)C1. The molecule has 6 nitrogen and oxygen atoms in total. The first-order valence-electron chi connectivity index (χ1n) is 8.42. The summed E-state index contributed by atoms with van der Waals surface area (Å²) in [4.78, 5) is 28.7. The number of methoxy groups -OCH3 is 2. The smallest absolute Gasteiger partial charge is 0.258 e. The monoisotopic (exact) mass is 354 g/mol. The predicted octanol–water partition coefficient (Wildman–Crippen LogP) is 2.50. The fourth-order valence-electron chi connectivity index (χ4n) is 3.10. The molecule has 0 aromatic heterocycles. The summed E-state index contributed by atoms with van der Waals surface area (Å²) in [6.07, 6.45) is 0. The van der Waals surface area contributed by atoms with Crippen LogP contribution in [0.2, 0.25) is 0 Å². The Hall–Kier alpha value is -3.02. The van der Waals surface area contributed by atoms with Crippen LogP contribution in [-0.2, 0) is 4.79 Å². The average molecular weight is 354 g/mol. The van der Waals surface area contributed by atoms with Gasteiger partial charge in [-0.1, -0.05) is 18.2 Å². The molecule has 2 aromatic carbocycles. The lowest BCUT2D eigenvalue weighted by Crippen LogP contribution is -2.52. The summed E-state index contributed by atoms with van der Waals surface area (Å²) < 4.78 is 10.7. The van der Waals surface area contributed by atoms with Gasteiger partial charge in [0.2, 0.25) is 5.91 Å². The van der Waals surface area contributed by atoms with Crippen LogP contribution in [-0.4, -0.2) is 50.6 Å². The van der Waals surface area contributed by atoms with Gasteiger partial charge < -0.3 is 19.3 Å². The molecule has 0 spiro atoms. The van der Waals surface area contributed by atoms with E-state index in [0.717, 1.165) is 11.3 Å². The molecule has 136 valence electrons. The molecule has 0 radical (unpaired) electrons. The van der Waals surface area contributed by atoms with E-state index >= 15 is 0 Å². The Morgan fingerprint density at radius 2 is 1.73 bits per heavy atom. The molecule has 0 atom stereocenters. The minimum Gasteiger partial charge on any atom is -0.496 e. The van der Waals surface area contributed by atoms with Crippen LogP contribution >= 0.6 is 0 Å². The lowest BCUT2D eigenvalue weighted by molar-refractivity contribution is -0.120. The zero-order valence-electron chi connectivity index (χ0n) is 15.2. The van der Waals surface area contributed by atoms with Gasteiger partial charge in [0.25, 0.3) is 5.91 Å². The highest BCUT2D eigenvalue weighted by atomic mass is 16.5. The largest absolute Gasteiger partial charge is 0.496 e. The maximum Gasteiger partial charge on any atom is 0.258 e. The molecule has 1 aliphatic rings. The van der Waals surface area contributed by atoms with E-state index in [-0.39, 0.29) is 18.4 Å². The molecule has 6 heteroatoms. The molecule has 1 aliphatic heterocycles. The summed E-state index contributed by atoms with van der Waals surface area (Å²) in [5, 5.41) is 0. The van der Waals surface area contributed by atoms with E-state index in [1.54, 1.807) is 23.0 Å². The van der Waals surface area contributed by atoms with Crippen LogP contribution < -0.4 is 14.4 Å². The van der Waals surface area contributed by atoms with Crippen molar-refractivity contribution in [1.29, 1.82) is 0 Å². The highest BCUT2D eigenvalue weighted by Crippen LogP contribution is 2.29. The molecular formula is C20H22N2O4. The normalized spacial score (nSPS) is 14.3. The van der Waals surface area contributed by atoms with E-state index in [1.165, 1.54) is 7.11 Å². The molecule has 0 N–H and O–H groups in total. The summed E-state index contributed by atoms with van der Waals surface area (Å²) in [6, 6.07) is 12.8. The van der Waals surface area contributed by atoms with Crippen molar-refractivity contribution in [1.82, 2.24) is 4.90 Å². The predicted molar refractivity (Wildman–Crippen MR) is 99.0 cm³/mol. The quantitative estimate of drug-likeness (QED) is 0.846. The zero-order chi connectivity index (χ0) is 18.7. The lowest BCUT2D eigenvalue weighted by atomic mass is 10.1. The zero-order valence-corrected chi connectivity index (χ0v) is 15.2. The van der Waals surface area contributed by atoms with Crippen molar-refractivity contribution in [2.45, 2.75) is 6.92 Å². The van der Waals surface area contributed by atoms with Crippen LogP contribution in [0.3, 0.4) is 0 Å². The second-order valence-electron chi connectivity index (χ2n) is 6.15. The maximum absolute atomic E-state index is 12.9. The summed E-state index contributed by atoms with van der Waals surface area (Å²) in [5.74, 6) is 0.825. The summed E-state index contributed by atoms with van der Waals surface area (Å²) in [5.41, 5.74) is 2.20. The molecule has 3 rings (SSSR count). The van der Waals surface area contributed by atoms with Gasteiger partial charge in [0.1, 0.15) is 18.0 Å². The molecule has 0 aliphatic carbocycles. The Morgan fingerprint density at radius 1 is 1.00 bits per heavy atom. The number of benzene rings is 2. The second-order valence-corrected chi connectivity index (χ2v) is 6.15. The number of hydrogen-bond acceptors (Lipinski definition) is 4. The van der Waals surface area contributed by atoms with E-state index in [9.17, 15) is 9.59 Å². The standard InChI is InChI=1S/C20H22N2O4/c1-14-8-9-15(18(12-14)26-3)20(24)21-10-11-22(19(23)13-21)16-6-4-5-7-17(16)25-2/h4-9,12H,10-11,13H2,1-3H3. The van der Waals surface area contributed by atoms with Crippen LogP contribution in [0.4, 0.5) is 5.69 Å². The van der Waals surface area contributed by atoms with Crippen molar-refractivity contribution in [3.63, 3.8) is 0 Å². The Morgan fingerprint density at radius 3 is 2.42 bits per heavy atom. The van der Waals surface area contributed by atoms with Crippen LogP contribution in [0.5, 0.6) is 11.5 Å². The first kappa shape index (κ1) is 17.8. The molecule has 1 saturated heterocycles. The van der Waals surface area contributed by atoms with Gasteiger partial charge in [-0.15, -0.1) is 0 Å². The number of aryl methyl sites for hydroxylation is 1. The third kappa shape index (κ3) is 3.35. The van der Waals surface area contributed by atoms with Crippen molar-refractivity contribution >= 4 is 17.5 Å². The number of ether oxygens (including phenoxy) is 2. The van der Waals surface area contributed by atoms with E-state index in [2.05, 4.69) is 0 Å². The number of para-hydroxylation sites is 2. The van der Waals surface area contributed by atoms with Gasteiger partial charge in [-0.25, -0.2) is 0 Å². The Bertz CT molecular complexity index is 834. The lowest BCUT2D eigenvalue weighted by Gasteiger charge is -2.35. The molecular weight excluding hydrogens is 332 g/mol. The van der Waals surface area contributed by atoms with Crippen molar-refractivity contribution in [3.05, 3.63) is 53.6 Å². The highest BCUT2D eigenvalue weighted by Gasteiger charge is 2.30. The topological polar surface area (TPSA) is 59.1 Å². The Labute approximate surface area is 152 Å². The number of carbonyl (C=O) groups excluding carboxylic acids is 2. The molecule has 1 heterocycles. The van der Waals surface area contributed by atoms with Crippen molar-refractivity contribution in [3.8, 4) is 11.5 Å². The fraction of sp³-hybridized carbons (Fsp3) is 0.300. The Kier molecular flexibility index (Phi) is 5.11. The number of nitrogens with zero attached hydrogens (tertiary/aromatic N) is 2. The maximum atomic E-state index is 12.9. The fourth-order valence-corrected chi connectivity index (χ4v) is 3.10. The van der Waals surface area contributed by atoms with Gasteiger partial charge in [0.15, 0.2) is 0 Å². The van der Waals surface area contributed by atoms with Gasteiger partial charge in [-0.3, -0.25) is 9.59 Å². The summed E-state index contributed by atoms with van der Waals surface area (Å²) in [6.45, 7) is 2.82. The summed E-state index contributed by atoms with van der Waals surface area (Å²) in [7, 11) is 3.11. The molecule has 0 bridgehead atoms. The van der Waals surface area contributed by atoms with E-state index in [0.29, 0.717) is 30.2 Å². The number of amides is 2. The molecule has 1 fully saturated rings. The van der Waals surface area contributed by atoms with Gasteiger partial charge in [-0.05, 0) is 36.8 Å². The van der Waals surface area contributed by atoms with Crippen LogP contribution in [0.15, 0.2) is 42.5 Å². The second kappa shape index (κ2) is 7.47. The number of carbonyl (C=O) groups is 2. The molecule has 2 amide bonds. The number of hydrogen-bond donors (Lipinski definition) is 0. The van der Waals surface area contributed by atoms with E-state index in [1.807, 2.05) is 43.3 Å². The van der Waals surface area contributed by atoms with E-state index < -0.39 is 0 Å². The third-order valence-corrected chi connectivity index (χ3v) is 4.47. The minimum absolute atomic E-state index is 0.0217. The van der Waals surface area contributed by atoms with Crippen molar-refractivity contribution < 1.29 is 19.1 Å². The van der Waals surface area contributed by atoms with Gasteiger partial charge >= 0.3 is 0 Å². The minimum atomic E-state index is -0.199.